The standard InChI is InChI=1S/C26H28N2O4S/c1-31-24-16-21-13-15-28(26(20-9-4-3-5-10-20)23(21)17-25(24)32-2)33(29,30)27-14-12-19-8-6-7-11-22(19)18-27/h3-11,16-17,26H,12-15,18H2,1-2H3. The molecule has 0 amide bonds. The summed E-state index contributed by atoms with van der Waals surface area (Å²) in [5.74, 6) is 1.26. The van der Waals surface area contributed by atoms with Crippen molar-refractivity contribution >= 4 is 10.2 Å². The highest BCUT2D eigenvalue weighted by molar-refractivity contribution is 7.86. The van der Waals surface area contributed by atoms with Crippen LogP contribution in [0.4, 0.5) is 0 Å². The van der Waals surface area contributed by atoms with Crippen molar-refractivity contribution in [3.63, 3.8) is 0 Å². The van der Waals surface area contributed by atoms with Crippen LogP contribution >= 0.6 is 0 Å². The Morgan fingerprint density at radius 2 is 1.42 bits per heavy atom. The van der Waals surface area contributed by atoms with Gasteiger partial charge in [-0.25, -0.2) is 0 Å². The van der Waals surface area contributed by atoms with Gasteiger partial charge < -0.3 is 9.47 Å². The van der Waals surface area contributed by atoms with Gasteiger partial charge in [0.05, 0.1) is 20.3 Å². The smallest absolute Gasteiger partial charge is 0.283 e. The molecule has 0 bridgehead atoms. The highest BCUT2D eigenvalue weighted by Gasteiger charge is 2.41. The topological polar surface area (TPSA) is 59.1 Å². The number of hydrogen-bond donors (Lipinski definition) is 0. The van der Waals surface area contributed by atoms with Crippen molar-refractivity contribution < 1.29 is 17.9 Å². The van der Waals surface area contributed by atoms with Crippen LogP contribution in [-0.4, -0.2) is 44.3 Å². The summed E-state index contributed by atoms with van der Waals surface area (Å²) in [5, 5.41) is 0. The second-order valence-corrected chi connectivity index (χ2v) is 10.3. The normalized spacial score (nSPS) is 18.9. The Hall–Kier alpha value is -2.87. The molecule has 0 saturated carbocycles. The molecule has 5 rings (SSSR count). The van der Waals surface area contributed by atoms with E-state index in [2.05, 4.69) is 6.07 Å². The Balaban J connectivity index is 1.59. The third kappa shape index (κ3) is 3.90. The van der Waals surface area contributed by atoms with Gasteiger partial charge >= 0.3 is 0 Å². The minimum Gasteiger partial charge on any atom is -0.493 e. The zero-order valence-corrected chi connectivity index (χ0v) is 19.7. The van der Waals surface area contributed by atoms with E-state index in [1.165, 1.54) is 5.56 Å². The van der Waals surface area contributed by atoms with Crippen molar-refractivity contribution in [1.82, 2.24) is 8.61 Å². The molecule has 0 radical (unpaired) electrons. The van der Waals surface area contributed by atoms with E-state index in [9.17, 15) is 8.42 Å². The molecule has 0 aliphatic carbocycles. The molecule has 3 aromatic rings. The van der Waals surface area contributed by atoms with Gasteiger partial charge in [0.25, 0.3) is 10.2 Å². The monoisotopic (exact) mass is 464 g/mol. The number of rotatable bonds is 5. The number of ether oxygens (including phenoxy) is 2. The van der Waals surface area contributed by atoms with Crippen LogP contribution in [0.3, 0.4) is 0 Å². The first-order valence-electron chi connectivity index (χ1n) is 11.2. The fraction of sp³-hybridized carbons (Fsp3) is 0.308. The average molecular weight is 465 g/mol. The van der Waals surface area contributed by atoms with Gasteiger partial charge in [0, 0.05) is 19.6 Å². The van der Waals surface area contributed by atoms with Crippen LogP contribution in [0.15, 0.2) is 66.7 Å². The molecule has 0 fully saturated rings. The summed E-state index contributed by atoms with van der Waals surface area (Å²) in [6.45, 7) is 1.29. The van der Waals surface area contributed by atoms with Crippen LogP contribution in [-0.2, 0) is 29.6 Å². The minimum absolute atomic E-state index is 0.398. The number of nitrogens with zero attached hydrogens (tertiary/aromatic N) is 2. The molecule has 2 aliphatic heterocycles. The number of fused-ring (bicyclic) bond motifs is 2. The first-order chi connectivity index (χ1) is 16.0. The maximum Gasteiger partial charge on any atom is 0.283 e. The lowest BCUT2D eigenvalue weighted by Gasteiger charge is -2.40. The van der Waals surface area contributed by atoms with Gasteiger partial charge in [-0.1, -0.05) is 54.6 Å². The molecule has 0 N–H and O–H groups in total. The van der Waals surface area contributed by atoms with E-state index in [4.69, 9.17) is 9.47 Å². The second kappa shape index (κ2) is 8.82. The SMILES string of the molecule is COc1cc2c(cc1OC)C(c1ccccc1)N(S(=O)(=O)N1CCc3ccccc3C1)CC2. The highest BCUT2D eigenvalue weighted by Crippen LogP contribution is 2.42. The maximum atomic E-state index is 14.0. The van der Waals surface area contributed by atoms with Crippen molar-refractivity contribution in [1.29, 1.82) is 0 Å². The van der Waals surface area contributed by atoms with Crippen LogP contribution < -0.4 is 9.47 Å². The molecule has 1 unspecified atom stereocenters. The average Bonchev–Trinajstić information content (AvgIpc) is 2.87. The summed E-state index contributed by atoms with van der Waals surface area (Å²) in [6, 6.07) is 21.4. The van der Waals surface area contributed by atoms with E-state index < -0.39 is 16.3 Å². The Labute approximate surface area is 195 Å². The lowest BCUT2D eigenvalue weighted by molar-refractivity contribution is 0.287. The Bertz CT molecular complexity index is 1260. The molecule has 3 aromatic carbocycles. The molecule has 1 atom stereocenters. The largest absolute Gasteiger partial charge is 0.493 e. The maximum absolute atomic E-state index is 14.0. The van der Waals surface area contributed by atoms with Crippen molar-refractivity contribution in [2.75, 3.05) is 27.3 Å². The van der Waals surface area contributed by atoms with E-state index in [-0.39, 0.29) is 0 Å². The number of benzene rings is 3. The van der Waals surface area contributed by atoms with Crippen molar-refractivity contribution in [3.05, 3.63) is 94.5 Å². The summed E-state index contributed by atoms with van der Waals surface area (Å²) < 4.78 is 42.4. The zero-order valence-electron chi connectivity index (χ0n) is 18.9. The Kier molecular flexibility index (Phi) is 5.86. The third-order valence-corrected chi connectivity index (χ3v) is 8.61. The molecule has 0 spiro atoms. The molecule has 6 nitrogen and oxygen atoms in total. The summed E-state index contributed by atoms with van der Waals surface area (Å²) in [7, 11) is -0.489. The van der Waals surface area contributed by atoms with E-state index in [0.29, 0.717) is 37.6 Å². The summed E-state index contributed by atoms with van der Waals surface area (Å²) in [5.41, 5.74) is 5.26. The summed E-state index contributed by atoms with van der Waals surface area (Å²) in [6.07, 6.45) is 1.34. The van der Waals surface area contributed by atoms with Crippen LogP contribution in [0.2, 0.25) is 0 Å². The lowest BCUT2D eigenvalue weighted by Crippen LogP contribution is -2.49. The van der Waals surface area contributed by atoms with Crippen LogP contribution in [0.5, 0.6) is 11.5 Å². The van der Waals surface area contributed by atoms with Crippen LogP contribution in [0, 0.1) is 0 Å². The van der Waals surface area contributed by atoms with Crippen molar-refractivity contribution in [2.45, 2.75) is 25.4 Å². The second-order valence-electron chi connectivity index (χ2n) is 8.44. The van der Waals surface area contributed by atoms with Crippen LogP contribution in [0.1, 0.15) is 33.9 Å². The minimum atomic E-state index is -3.71. The summed E-state index contributed by atoms with van der Waals surface area (Å²) >= 11 is 0. The Morgan fingerprint density at radius 3 is 2.15 bits per heavy atom. The first-order valence-corrected chi connectivity index (χ1v) is 12.6. The third-order valence-electron chi connectivity index (χ3n) is 6.66. The molecular weight excluding hydrogens is 436 g/mol. The molecule has 7 heteroatoms. The molecule has 33 heavy (non-hydrogen) atoms. The fourth-order valence-electron chi connectivity index (χ4n) is 4.97. The summed E-state index contributed by atoms with van der Waals surface area (Å²) in [4.78, 5) is 0. The van der Waals surface area contributed by atoms with Gasteiger partial charge in [-0.15, -0.1) is 0 Å². The van der Waals surface area contributed by atoms with Gasteiger partial charge in [0.1, 0.15) is 0 Å². The van der Waals surface area contributed by atoms with Gasteiger partial charge in [-0.05, 0) is 52.8 Å². The number of hydrogen-bond acceptors (Lipinski definition) is 4. The fourth-order valence-corrected chi connectivity index (χ4v) is 6.71. The Morgan fingerprint density at radius 1 is 0.788 bits per heavy atom. The molecule has 172 valence electrons. The van der Waals surface area contributed by atoms with E-state index in [0.717, 1.165) is 28.7 Å². The van der Waals surface area contributed by atoms with Crippen molar-refractivity contribution in [2.24, 2.45) is 0 Å². The molecule has 0 saturated heterocycles. The van der Waals surface area contributed by atoms with E-state index in [1.54, 1.807) is 22.8 Å². The highest BCUT2D eigenvalue weighted by atomic mass is 32.2. The van der Waals surface area contributed by atoms with Gasteiger partial charge in [0.15, 0.2) is 11.5 Å². The molecule has 2 aliphatic rings. The van der Waals surface area contributed by atoms with Crippen molar-refractivity contribution in [3.8, 4) is 11.5 Å². The van der Waals surface area contributed by atoms with E-state index >= 15 is 0 Å². The number of methoxy groups -OCH3 is 2. The first kappa shape index (κ1) is 21.9. The molecule has 2 heterocycles. The molecule has 0 aromatic heterocycles. The molecular formula is C26H28N2O4S. The van der Waals surface area contributed by atoms with Gasteiger partial charge in [0.2, 0.25) is 0 Å². The quantitative estimate of drug-likeness (QED) is 0.574. The predicted molar refractivity (Wildman–Crippen MR) is 128 cm³/mol. The predicted octanol–water partition coefficient (Wildman–Crippen LogP) is 3.95. The zero-order chi connectivity index (χ0) is 23.0. The van der Waals surface area contributed by atoms with Crippen LogP contribution in [0.25, 0.3) is 0 Å². The van der Waals surface area contributed by atoms with E-state index in [1.807, 2.05) is 60.7 Å². The van der Waals surface area contributed by atoms with Gasteiger partial charge in [-0.2, -0.15) is 17.0 Å². The van der Waals surface area contributed by atoms with Gasteiger partial charge in [-0.3, -0.25) is 0 Å². The lowest BCUT2D eigenvalue weighted by atomic mass is 9.89.